The summed E-state index contributed by atoms with van der Waals surface area (Å²) in [4.78, 5) is 21.2. The fraction of sp³-hybridized carbons (Fsp3) is 0.294. The molecule has 1 N–H and O–H groups in total. The van der Waals surface area contributed by atoms with Crippen LogP contribution in [0.3, 0.4) is 0 Å². The molecule has 8 heteroatoms. The molecular formula is C17H19N3O4Se. The molecule has 0 saturated carbocycles. The predicted molar refractivity (Wildman–Crippen MR) is 98.6 cm³/mol. The van der Waals surface area contributed by atoms with Crippen molar-refractivity contribution in [3.63, 3.8) is 0 Å². The van der Waals surface area contributed by atoms with Crippen LogP contribution < -0.4 is 9.78 Å². The van der Waals surface area contributed by atoms with Crippen molar-refractivity contribution in [1.82, 2.24) is 0 Å². The van der Waals surface area contributed by atoms with E-state index in [1.165, 1.54) is 12.1 Å². The van der Waals surface area contributed by atoms with Gasteiger partial charge in [0, 0.05) is 0 Å². The number of nitrogens with zero attached hydrogens (tertiary/aromatic N) is 2. The Morgan fingerprint density at radius 2 is 1.76 bits per heavy atom. The fourth-order valence-corrected chi connectivity index (χ4v) is 4.87. The molecule has 132 valence electrons. The molecule has 25 heavy (non-hydrogen) atoms. The van der Waals surface area contributed by atoms with E-state index >= 15 is 0 Å². The monoisotopic (exact) mass is 409 g/mol. The molecule has 0 bridgehead atoms. The van der Waals surface area contributed by atoms with Crippen molar-refractivity contribution in [3.05, 3.63) is 68.3 Å². The predicted octanol–water partition coefficient (Wildman–Crippen LogP) is 3.66. The number of hydrogen-bond acceptors (Lipinski definition) is 5. The first-order chi connectivity index (χ1) is 12.0. The van der Waals surface area contributed by atoms with Crippen molar-refractivity contribution in [2.75, 3.05) is 5.32 Å². The van der Waals surface area contributed by atoms with Crippen LogP contribution in [-0.2, 0) is 6.54 Å². The number of hydrogen-bond donors (Lipinski definition) is 1. The van der Waals surface area contributed by atoms with Crippen LogP contribution >= 0.6 is 0 Å². The Kier molecular flexibility index (Phi) is 6.91. The van der Waals surface area contributed by atoms with Gasteiger partial charge in [-0.25, -0.2) is 0 Å². The Labute approximate surface area is 151 Å². The number of benzene rings is 2. The number of rotatable bonds is 9. The van der Waals surface area contributed by atoms with Crippen molar-refractivity contribution >= 4 is 36.5 Å². The van der Waals surface area contributed by atoms with Gasteiger partial charge in [0.05, 0.1) is 0 Å². The van der Waals surface area contributed by atoms with E-state index in [1.54, 1.807) is 24.3 Å². The number of nitro benzene ring substituents is 2. The van der Waals surface area contributed by atoms with Crippen molar-refractivity contribution in [2.45, 2.75) is 31.6 Å². The molecule has 0 spiro atoms. The zero-order chi connectivity index (χ0) is 18.2. The van der Waals surface area contributed by atoms with Crippen LogP contribution in [0.2, 0.25) is 5.32 Å². The van der Waals surface area contributed by atoms with E-state index in [2.05, 4.69) is 12.2 Å². The zero-order valence-corrected chi connectivity index (χ0v) is 15.5. The van der Waals surface area contributed by atoms with Crippen LogP contribution in [0.25, 0.3) is 0 Å². The third-order valence-corrected chi connectivity index (χ3v) is 6.21. The van der Waals surface area contributed by atoms with Gasteiger partial charge < -0.3 is 0 Å². The molecule has 0 atom stereocenters. The topological polar surface area (TPSA) is 98.3 Å². The third-order valence-electron chi connectivity index (χ3n) is 3.58. The summed E-state index contributed by atoms with van der Waals surface area (Å²) < 4.78 is 0.822. The van der Waals surface area contributed by atoms with E-state index in [-0.39, 0.29) is 31.3 Å². The van der Waals surface area contributed by atoms with Crippen LogP contribution in [-0.4, -0.2) is 24.8 Å². The molecule has 0 aliphatic heterocycles. The number of unbranched alkanes of at least 4 members (excludes halogenated alkanes) is 1. The molecule has 0 aliphatic carbocycles. The van der Waals surface area contributed by atoms with Crippen LogP contribution in [0.4, 0.5) is 17.1 Å². The molecule has 0 fully saturated rings. The second-order valence-corrected chi connectivity index (χ2v) is 7.70. The minimum atomic E-state index is -0.446. The van der Waals surface area contributed by atoms with E-state index in [0.717, 1.165) is 33.9 Å². The average molecular weight is 408 g/mol. The zero-order valence-electron chi connectivity index (χ0n) is 13.8. The van der Waals surface area contributed by atoms with E-state index in [1.807, 2.05) is 6.07 Å². The summed E-state index contributed by atoms with van der Waals surface area (Å²) in [6, 6.07) is 11.3. The average Bonchev–Trinajstić information content (AvgIpc) is 2.60. The van der Waals surface area contributed by atoms with E-state index < -0.39 is 4.92 Å². The maximum atomic E-state index is 11.3. The summed E-state index contributed by atoms with van der Waals surface area (Å²) in [5.41, 5.74) is 1.86. The van der Waals surface area contributed by atoms with Crippen molar-refractivity contribution < 1.29 is 9.85 Å². The molecule has 0 amide bonds. The Hall–Kier alpha value is -2.44. The molecule has 0 aromatic heterocycles. The Balaban J connectivity index is 2.15. The molecule has 0 saturated heterocycles. The Bertz CT molecular complexity index is 750. The third kappa shape index (κ3) is 5.27. The molecule has 7 nitrogen and oxygen atoms in total. The Morgan fingerprint density at radius 1 is 1.04 bits per heavy atom. The summed E-state index contributed by atoms with van der Waals surface area (Å²) in [7, 11) is 0. The van der Waals surface area contributed by atoms with Crippen molar-refractivity contribution in [3.8, 4) is 0 Å². The molecule has 0 unspecified atom stereocenters. The quantitative estimate of drug-likeness (QED) is 0.296. The van der Waals surface area contributed by atoms with E-state index in [9.17, 15) is 20.2 Å². The first kappa shape index (κ1) is 18.9. The second-order valence-electron chi connectivity index (χ2n) is 5.38. The maximum absolute atomic E-state index is 11.3. The molecule has 2 rings (SSSR count). The van der Waals surface area contributed by atoms with Gasteiger partial charge in [-0.05, 0) is 0 Å². The van der Waals surface area contributed by atoms with Crippen LogP contribution in [0.5, 0.6) is 0 Å². The molecule has 2 aromatic rings. The van der Waals surface area contributed by atoms with Gasteiger partial charge in [-0.1, -0.05) is 0 Å². The number of nitro groups is 2. The molecule has 0 heterocycles. The normalized spacial score (nSPS) is 10.4. The first-order valence-electron chi connectivity index (χ1n) is 7.90. The van der Waals surface area contributed by atoms with Crippen LogP contribution in [0.1, 0.15) is 25.3 Å². The standard InChI is InChI=1S/C17H19N3O4Se/c1-2-3-11-25-17-13(5-4-6-16(17)20(23)24)12-18-14-7-9-15(10-8-14)19(21)22/h4-10,18H,2-3,11-12H2,1H3. The molecule has 0 radical (unpaired) electrons. The van der Waals surface area contributed by atoms with Gasteiger partial charge in [-0.3, -0.25) is 0 Å². The van der Waals surface area contributed by atoms with Gasteiger partial charge in [0.2, 0.25) is 0 Å². The van der Waals surface area contributed by atoms with Gasteiger partial charge in [0.15, 0.2) is 0 Å². The number of non-ortho nitro benzene ring substituents is 1. The van der Waals surface area contributed by atoms with E-state index in [4.69, 9.17) is 0 Å². The first-order valence-corrected chi connectivity index (χ1v) is 9.97. The molecular weight excluding hydrogens is 389 g/mol. The van der Waals surface area contributed by atoms with E-state index in [0.29, 0.717) is 6.54 Å². The molecule has 2 aromatic carbocycles. The Morgan fingerprint density at radius 3 is 2.36 bits per heavy atom. The van der Waals surface area contributed by atoms with Crippen molar-refractivity contribution in [2.24, 2.45) is 0 Å². The molecule has 0 aliphatic rings. The van der Waals surface area contributed by atoms with Gasteiger partial charge in [0.25, 0.3) is 0 Å². The van der Waals surface area contributed by atoms with Gasteiger partial charge in [0.1, 0.15) is 0 Å². The van der Waals surface area contributed by atoms with Crippen LogP contribution in [0.15, 0.2) is 42.5 Å². The summed E-state index contributed by atoms with van der Waals surface area (Å²) in [6.07, 6.45) is 2.13. The SMILES string of the molecule is CCCC[Se]c1c(CNc2ccc([N+](=O)[O-])cc2)cccc1[N+](=O)[O-]. The fourth-order valence-electron chi connectivity index (χ4n) is 2.24. The van der Waals surface area contributed by atoms with Crippen molar-refractivity contribution in [1.29, 1.82) is 0 Å². The summed E-state index contributed by atoms with van der Waals surface area (Å²) in [5.74, 6) is 0. The second kappa shape index (κ2) is 9.15. The summed E-state index contributed by atoms with van der Waals surface area (Å²) in [5, 5.41) is 26.2. The number of nitrogens with one attached hydrogen (secondary N) is 1. The van der Waals surface area contributed by atoms with Gasteiger partial charge in [-0.15, -0.1) is 0 Å². The number of anilines is 1. The summed E-state index contributed by atoms with van der Waals surface area (Å²) >= 11 is 0.0478. The minimum absolute atomic E-state index is 0.0319. The van der Waals surface area contributed by atoms with Gasteiger partial charge >= 0.3 is 152 Å². The van der Waals surface area contributed by atoms with Gasteiger partial charge in [-0.2, -0.15) is 0 Å². The summed E-state index contributed by atoms with van der Waals surface area (Å²) in [6.45, 7) is 2.55. The van der Waals surface area contributed by atoms with Crippen LogP contribution in [0, 0.1) is 20.2 Å².